The maximum absolute atomic E-state index is 12.9. The van der Waals surface area contributed by atoms with Crippen molar-refractivity contribution in [3.63, 3.8) is 0 Å². The summed E-state index contributed by atoms with van der Waals surface area (Å²) in [6.07, 6.45) is 0.580. The van der Waals surface area contributed by atoms with E-state index in [-0.39, 0.29) is 22.4 Å². The van der Waals surface area contributed by atoms with E-state index in [2.05, 4.69) is 70.7 Å². The standard InChI is InChI=1S/C28H39N5O2/c1-27(2,3)18-24(34)32-15-13-31(14-16-32)21-10-8-9-20(17-21)22-11-12-23-25(29-22)30(7)26(35)33(23)19-28(4,5)6/h8-12,17H,13-16,18-19H2,1-7H3. The lowest BCUT2D eigenvalue weighted by Gasteiger charge is -2.37. The van der Waals surface area contributed by atoms with Crippen LogP contribution in [-0.4, -0.2) is 51.1 Å². The van der Waals surface area contributed by atoms with Crippen molar-refractivity contribution in [3.05, 3.63) is 46.9 Å². The molecule has 1 aromatic carbocycles. The molecule has 1 amide bonds. The highest BCUT2D eigenvalue weighted by atomic mass is 16.2. The molecule has 1 aliphatic heterocycles. The molecule has 0 spiro atoms. The molecule has 3 heterocycles. The molecule has 1 aliphatic rings. The molecule has 0 bridgehead atoms. The van der Waals surface area contributed by atoms with Crippen LogP contribution in [0.5, 0.6) is 0 Å². The molecule has 3 aromatic rings. The van der Waals surface area contributed by atoms with E-state index in [4.69, 9.17) is 4.98 Å². The molecule has 35 heavy (non-hydrogen) atoms. The fourth-order valence-electron chi connectivity index (χ4n) is 4.70. The molecule has 0 N–H and O–H groups in total. The van der Waals surface area contributed by atoms with Gasteiger partial charge in [-0.05, 0) is 35.1 Å². The largest absolute Gasteiger partial charge is 0.368 e. The van der Waals surface area contributed by atoms with E-state index in [9.17, 15) is 9.59 Å². The van der Waals surface area contributed by atoms with Gasteiger partial charge < -0.3 is 9.80 Å². The Morgan fingerprint density at radius 2 is 1.63 bits per heavy atom. The van der Waals surface area contributed by atoms with E-state index >= 15 is 0 Å². The van der Waals surface area contributed by atoms with Crippen molar-refractivity contribution < 1.29 is 4.79 Å². The second-order valence-electron chi connectivity index (χ2n) is 12.2. The van der Waals surface area contributed by atoms with Crippen LogP contribution in [0.1, 0.15) is 48.0 Å². The number of piperazine rings is 1. The molecule has 1 fully saturated rings. The van der Waals surface area contributed by atoms with Gasteiger partial charge in [-0.15, -0.1) is 0 Å². The quantitative estimate of drug-likeness (QED) is 0.554. The van der Waals surface area contributed by atoms with E-state index < -0.39 is 0 Å². The third-order valence-electron chi connectivity index (χ3n) is 6.43. The molecule has 2 aromatic heterocycles. The van der Waals surface area contributed by atoms with E-state index in [1.807, 2.05) is 21.6 Å². The van der Waals surface area contributed by atoms with Crippen LogP contribution in [0.4, 0.5) is 5.69 Å². The van der Waals surface area contributed by atoms with Crippen LogP contribution in [0, 0.1) is 10.8 Å². The highest BCUT2D eigenvalue weighted by molar-refractivity contribution is 5.78. The minimum absolute atomic E-state index is 0.00745. The monoisotopic (exact) mass is 477 g/mol. The van der Waals surface area contributed by atoms with E-state index in [1.54, 1.807) is 11.6 Å². The summed E-state index contributed by atoms with van der Waals surface area (Å²) in [7, 11) is 1.79. The van der Waals surface area contributed by atoms with Crippen molar-refractivity contribution in [1.29, 1.82) is 0 Å². The Morgan fingerprint density at radius 3 is 2.26 bits per heavy atom. The summed E-state index contributed by atoms with van der Waals surface area (Å²) in [6, 6.07) is 12.4. The van der Waals surface area contributed by atoms with Gasteiger partial charge in [0.25, 0.3) is 0 Å². The Kier molecular flexibility index (Phi) is 6.56. The summed E-state index contributed by atoms with van der Waals surface area (Å²) in [4.78, 5) is 34.7. The zero-order valence-corrected chi connectivity index (χ0v) is 22.3. The summed E-state index contributed by atoms with van der Waals surface area (Å²) >= 11 is 0. The van der Waals surface area contributed by atoms with Crippen molar-refractivity contribution in [2.45, 2.75) is 54.5 Å². The summed E-state index contributed by atoms with van der Waals surface area (Å²) < 4.78 is 3.46. The Bertz CT molecular complexity index is 1280. The number of benzene rings is 1. The Morgan fingerprint density at radius 1 is 0.943 bits per heavy atom. The molecular formula is C28H39N5O2. The number of nitrogens with zero attached hydrogens (tertiary/aromatic N) is 5. The lowest BCUT2D eigenvalue weighted by Crippen LogP contribution is -2.49. The smallest absolute Gasteiger partial charge is 0.330 e. The number of anilines is 1. The number of hydrogen-bond donors (Lipinski definition) is 0. The third kappa shape index (κ3) is 5.60. The van der Waals surface area contributed by atoms with Crippen molar-refractivity contribution in [3.8, 4) is 11.3 Å². The molecule has 1 saturated heterocycles. The number of pyridine rings is 1. The molecule has 0 atom stereocenters. The normalized spacial score (nSPS) is 15.2. The first kappa shape index (κ1) is 25.0. The van der Waals surface area contributed by atoms with Crippen molar-refractivity contribution >= 4 is 22.8 Å². The number of carbonyl (C=O) groups is 1. The third-order valence-corrected chi connectivity index (χ3v) is 6.43. The SMILES string of the molecule is Cn1c(=O)n(CC(C)(C)C)c2ccc(-c3cccc(N4CCN(C(=O)CC(C)(C)C)CC4)c3)nc21. The maximum atomic E-state index is 12.9. The van der Waals surface area contributed by atoms with E-state index in [1.165, 1.54) is 0 Å². The average molecular weight is 478 g/mol. The summed E-state index contributed by atoms with van der Waals surface area (Å²) in [5, 5.41) is 0. The van der Waals surface area contributed by atoms with Crippen LogP contribution in [0.2, 0.25) is 0 Å². The van der Waals surface area contributed by atoms with Gasteiger partial charge in [-0.25, -0.2) is 9.78 Å². The van der Waals surface area contributed by atoms with Crippen molar-refractivity contribution in [2.24, 2.45) is 17.9 Å². The van der Waals surface area contributed by atoms with Gasteiger partial charge in [-0.2, -0.15) is 0 Å². The summed E-state index contributed by atoms with van der Waals surface area (Å²) in [6.45, 7) is 16.5. The fourth-order valence-corrected chi connectivity index (χ4v) is 4.70. The molecule has 7 heteroatoms. The molecule has 0 unspecified atom stereocenters. The highest BCUT2D eigenvalue weighted by Gasteiger charge is 2.25. The second-order valence-corrected chi connectivity index (χ2v) is 12.2. The van der Waals surface area contributed by atoms with Gasteiger partial charge in [0.2, 0.25) is 5.91 Å². The van der Waals surface area contributed by atoms with E-state index in [0.717, 1.165) is 48.6 Å². The van der Waals surface area contributed by atoms with Crippen LogP contribution in [-0.2, 0) is 18.4 Å². The van der Waals surface area contributed by atoms with E-state index in [0.29, 0.717) is 18.6 Å². The van der Waals surface area contributed by atoms with Gasteiger partial charge in [0.15, 0.2) is 5.65 Å². The van der Waals surface area contributed by atoms with Crippen molar-refractivity contribution in [1.82, 2.24) is 19.0 Å². The first-order valence-electron chi connectivity index (χ1n) is 12.5. The van der Waals surface area contributed by atoms with Gasteiger partial charge in [-0.3, -0.25) is 13.9 Å². The Labute approximate surface area is 208 Å². The van der Waals surface area contributed by atoms with Crippen molar-refractivity contribution in [2.75, 3.05) is 31.1 Å². The van der Waals surface area contributed by atoms with Crippen LogP contribution in [0.25, 0.3) is 22.4 Å². The first-order chi connectivity index (χ1) is 16.3. The number of hydrogen-bond acceptors (Lipinski definition) is 4. The molecule has 4 rings (SSSR count). The molecule has 0 radical (unpaired) electrons. The van der Waals surface area contributed by atoms with Gasteiger partial charge >= 0.3 is 5.69 Å². The van der Waals surface area contributed by atoms with Crippen LogP contribution < -0.4 is 10.6 Å². The van der Waals surface area contributed by atoms with Gasteiger partial charge in [0, 0.05) is 57.4 Å². The first-order valence-corrected chi connectivity index (χ1v) is 12.5. The number of carbonyl (C=O) groups excluding carboxylic acids is 1. The lowest BCUT2D eigenvalue weighted by molar-refractivity contribution is -0.133. The number of amides is 1. The topological polar surface area (TPSA) is 63.4 Å². The van der Waals surface area contributed by atoms with Crippen LogP contribution in [0.3, 0.4) is 0 Å². The fraction of sp³-hybridized carbons (Fsp3) is 0.536. The summed E-state index contributed by atoms with van der Waals surface area (Å²) in [5.74, 6) is 0.243. The number of imidazole rings is 1. The number of aryl methyl sites for hydroxylation is 1. The lowest BCUT2D eigenvalue weighted by atomic mass is 9.91. The molecule has 7 nitrogen and oxygen atoms in total. The summed E-state index contributed by atoms with van der Waals surface area (Å²) in [5.41, 5.74) is 4.53. The number of aromatic nitrogens is 3. The molecule has 188 valence electrons. The molecule has 0 saturated carbocycles. The predicted molar refractivity (Wildman–Crippen MR) is 143 cm³/mol. The average Bonchev–Trinajstić information content (AvgIpc) is 3.01. The minimum atomic E-state index is -0.0350. The predicted octanol–water partition coefficient (Wildman–Crippen LogP) is 4.53. The van der Waals surface area contributed by atoms with Crippen LogP contribution in [0.15, 0.2) is 41.2 Å². The van der Waals surface area contributed by atoms with Crippen LogP contribution >= 0.6 is 0 Å². The number of rotatable bonds is 4. The van der Waals surface area contributed by atoms with Gasteiger partial charge in [0.05, 0.1) is 11.2 Å². The molecule has 0 aliphatic carbocycles. The minimum Gasteiger partial charge on any atom is -0.368 e. The maximum Gasteiger partial charge on any atom is 0.330 e. The highest BCUT2D eigenvalue weighted by Crippen LogP contribution is 2.27. The zero-order chi connectivity index (χ0) is 25.5. The second kappa shape index (κ2) is 9.17. The Hall–Kier alpha value is -3.09. The zero-order valence-electron chi connectivity index (χ0n) is 22.3. The number of fused-ring (bicyclic) bond motifs is 1. The molecular weight excluding hydrogens is 438 g/mol. The Balaban J connectivity index is 1.55. The van der Waals surface area contributed by atoms with Gasteiger partial charge in [-0.1, -0.05) is 53.7 Å². The van der Waals surface area contributed by atoms with Gasteiger partial charge in [0.1, 0.15) is 0 Å².